The molecule has 1 N–H and O–H groups in total. The Balaban J connectivity index is 2.71. The lowest BCUT2D eigenvalue weighted by molar-refractivity contribution is -0.118. The Morgan fingerprint density at radius 1 is 1.38 bits per heavy atom. The van der Waals surface area contributed by atoms with Gasteiger partial charge in [-0.25, -0.2) is 0 Å². The van der Waals surface area contributed by atoms with Crippen LogP contribution in [-0.2, 0) is 4.74 Å². The molecule has 1 fully saturated rings. The van der Waals surface area contributed by atoms with Crippen molar-refractivity contribution in [3.8, 4) is 0 Å². The Bertz CT molecular complexity index is 223. The van der Waals surface area contributed by atoms with Crippen LogP contribution in [0.5, 0.6) is 0 Å². The summed E-state index contributed by atoms with van der Waals surface area (Å²) in [5.41, 5.74) is 0.356. The van der Waals surface area contributed by atoms with Crippen LogP contribution in [0.1, 0.15) is 60.3 Å². The van der Waals surface area contributed by atoms with Crippen molar-refractivity contribution in [3.05, 3.63) is 0 Å². The molecule has 96 valence electrons. The van der Waals surface area contributed by atoms with Crippen LogP contribution in [-0.4, -0.2) is 24.8 Å². The van der Waals surface area contributed by atoms with E-state index in [0.717, 1.165) is 6.42 Å². The first kappa shape index (κ1) is 14.0. The van der Waals surface area contributed by atoms with E-state index in [0.29, 0.717) is 17.6 Å². The van der Waals surface area contributed by atoms with Gasteiger partial charge in [-0.3, -0.25) is 0 Å². The fourth-order valence-corrected chi connectivity index (χ4v) is 2.78. The highest BCUT2D eigenvalue weighted by Crippen LogP contribution is 2.38. The SMILES string of the molecule is CCC(C)(C)OC1CCCC(C)(C)C1NC. The summed E-state index contributed by atoms with van der Waals surface area (Å²) in [5, 5.41) is 3.47. The van der Waals surface area contributed by atoms with Crippen LogP contribution >= 0.6 is 0 Å². The van der Waals surface area contributed by atoms with Gasteiger partial charge in [-0.2, -0.15) is 0 Å². The minimum atomic E-state index is 0.00713. The fourth-order valence-electron chi connectivity index (χ4n) is 2.78. The van der Waals surface area contributed by atoms with Crippen molar-refractivity contribution in [2.24, 2.45) is 5.41 Å². The monoisotopic (exact) mass is 227 g/mol. The first-order valence-electron chi connectivity index (χ1n) is 6.67. The summed E-state index contributed by atoms with van der Waals surface area (Å²) in [6, 6.07) is 0.479. The molecule has 1 rings (SSSR count). The molecule has 2 heteroatoms. The Labute approximate surface area is 101 Å². The normalized spacial score (nSPS) is 30.4. The molecule has 1 aliphatic rings. The van der Waals surface area contributed by atoms with Crippen LogP contribution in [0, 0.1) is 5.41 Å². The van der Waals surface area contributed by atoms with Gasteiger partial charge in [0, 0.05) is 6.04 Å². The molecule has 1 aliphatic carbocycles. The first-order chi connectivity index (χ1) is 7.32. The Morgan fingerprint density at radius 2 is 2.00 bits per heavy atom. The second-order valence-electron chi connectivity index (χ2n) is 6.42. The molecular formula is C14H29NO. The van der Waals surface area contributed by atoms with E-state index in [9.17, 15) is 0 Å². The van der Waals surface area contributed by atoms with E-state index in [2.05, 4.69) is 47.0 Å². The molecule has 0 aromatic heterocycles. The number of likely N-dealkylation sites (N-methyl/N-ethyl adjacent to an activating group) is 1. The minimum Gasteiger partial charge on any atom is -0.371 e. The Kier molecular flexibility index (Phi) is 4.42. The first-order valence-corrected chi connectivity index (χ1v) is 6.67. The van der Waals surface area contributed by atoms with Gasteiger partial charge >= 0.3 is 0 Å². The molecule has 0 spiro atoms. The zero-order valence-corrected chi connectivity index (χ0v) is 11.9. The predicted molar refractivity (Wildman–Crippen MR) is 69.7 cm³/mol. The second kappa shape index (κ2) is 5.05. The van der Waals surface area contributed by atoms with Crippen LogP contribution in [0.2, 0.25) is 0 Å². The molecule has 1 saturated carbocycles. The van der Waals surface area contributed by atoms with E-state index < -0.39 is 0 Å². The maximum Gasteiger partial charge on any atom is 0.0740 e. The number of nitrogens with one attached hydrogen (secondary N) is 1. The third kappa shape index (κ3) is 3.21. The zero-order valence-electron chi connectivity index (χ0n) is 11.9. The summed E-state index contributed by atoms with van der Waals surface area (Å²) in [5.74, 6) is 0. The number of rotatable bonds is 4. The lowest BCUT2D eigenvalue weighted by Gasteiger charge is -2.46. The summed E-state index contributed by atoms with van der Waals surface area (Å²) in [6.45, 7) is 11.3. The molecule has 0 aliphatic heterocycles. The van der Waals surface area contributed by atoms with Gasteiger partial charge in [-0.05, 0) is 45.6 Å². The summed E-state index contributed by atoms with van der Waals surface area (Å²) in [4.78, 5) is 0. The Morgan fingerprint density at radius 3 is 2.50 bits per heavy atom. The fraction of sp³-hybridized carbons (Fsp3) is 1.00. The van der Waals surface area contributed by atoms with Crippen molar-refractivity contribution in [1.82, 2.24) is 5.32 Å². The molecular weight excluding hydrogens is 198 g/mol. The number of ether oxygens (including phenoxy) is 1. The minimum absolute atomic E-state index is 0.00713. The van der Waals surface area contributed by atoms with Crippen molar-refractivity contribution < 1.29 is 4.74 Å². The van der Waals surface area contributed by atoms with E-state index in [1.54, 1.807) is 0 Å². The summed E-state index contributed by atoms with van der Waals surface area (Å²) >= 11 is 0. The average molecular weight is 227 g/mol. The van der Waals surface area contributed by atoms with Crippen molar-refractivity contribution in [2.75, 3.05) is 7.05 Å². The van der Waals surface area contributed by atoms with E-state index in [4.69, 9.17) is 4.74 Å². The van der Waals surface area contributed by atoms with Crippen LogP contribution < -0.4 is 5.32 Å². The lowest BCUT2D eigenvalue weighted by Crippen LogP contribution is -2.54. The van der Waals surface area contributed by atoms with E-state index in [-0.39, 0.29) is 5.60 Å². The highest BCUT2D eigenvalue weighted by molar-refractivity contribution is 4.94. The van der Waals surface area contributed by atoms with Crippen LogP contribution in [0.4, 0.5) is 0 Å². The summed E-state index contributed by atoms with van der Waals surface area (Å²) in [7, 11) is 2.06. The third-order valence-corrected chi connectivity index (χ3v) is 4.16. The average Bonchev–Trinajstić information content (AvgIpc) is 2.16. The molecule has 16 heavy (non-hydrogen) atoms. The largest absolute Gasteiger partial charge is 0.371 e. The molecule has 0 saturated heterocycles. The quantitative estimate of drug-likeness (QED) is 0.795. The van der Waals surface area contributed by atoms with Crippen molar-refractivity contribution in [3.63, 3.8) is 0 Å². The highest BCUT2D eigenvalue weighted by atomic mass is 16.5. The molecule has 0 amide bonds. The second-order valence-corrected chi connectivity index (χ2v) is 6.42. The maximum absolute atomic E-state index is 6.30. The molecule has 0 aromatic carbocycles. The van der Waals surface area contributed by atoms with Gasteiger partial charge in [0.15, 0.2) is 0 Å². The molecule has 2 atom stereocenters. The molecule has 0 aromatic rings. The van der Waals surface area contributed by atoms with Gasteiger partial charge in [0.2, 0.25) is 0 Å². The lowest BCUT2D eigenvalue weighted by atomic mass is 9.71. The number of hydrogen-bond donors (Lipinski definition) is 1. The molecule has 0 bridgehead atoms. The van der Waals surface area contributed by atoms with Crippen LogP contribution in [0.15, 0.2) is 0 Å². The standard InChI is InChI=1S/C14H29NO/c1-7-14(4,5)16-11-9-8-10-13(2,3)12(11)15-6/h11-12,15H,7-10H2,1-6H3. The Hall–Kier alpha value is -0.0800. The van der Waals surface area contributed by atoms with Gasteiger partial charge in [-0.15, -0.1) is 0 Å². The summed E-state index contributed by atoms with van der Waals surface area (Å²) < 4.78 is 6.30. The molecule has 2 nitrogen and oxygen atoms in total. The van der Waals surface area contributed by atoms with Crippen molar-refractivity contribution in [2.45, 2.75) is 78.0 Å². The van der Waals surface area contributed by atoms with Crippen LogP contribution in [0.3, 0.4) is 0 Å². The van der Waals surface area contributed by atoms with E-state index in [1.807, 2.05) is 0 Å². The number of hydrogen-bond acceptors (Lipinski definition) is 2. The smallest absolute Gasteiger partial charge is 0.0740 e. The molecule has 0 radical (unpaired) electrons. The maximum atomic E-state index is 6.30. The van der Waals surface area contributed by atoms with Gasteiger partial charge in [-0.1, -0.05) is 27.2 Å². The predicted octanol–water partition coefficient (Wildman–Crippen LogP) is 3.36. The van der Waals surface area contributed by atoms with Crippen molar-refractivity contribution >= 4 is 0 Å². The van der Waals surface area contributed by atoms with Crippen molar-refractivity contribution in [1.29, 1.82) is 0 Å². The highest BCUT2D eigenvalue weighted by Gasteiger charge is 2.40. The molecule has 0 heterocycles. The third-order valence-electron chi connectivity index (χ3n) is 4.16. The molecule has 2 unspecified atom stereocenters. The van der Waals surface area contributed by atoms with Gasteiger partial charge in [0.1, 0.15) is 0 Å². The van der Waals surface area contributed by atoms with E-state index >= 15 is 0 Å². The van der Waals surface area contributed by atoms with Gasteiger partial charge in [0.25, 0.3) is 0 Å². The summed E-state index contributed by atoms with van der Waals surface area (Å²) in [6.07, 6.45) is 5.21. The van der Waals surface area contributed by atoms with Crippen LogP contribution in [0.25, 0.3) is 0 Å². The van der Waals surface area contributed by atoms with Gasteiger partial charge in [0.05, 0.1) is 11.7 Å². The zero-order chi connectivity index (χ0) is 12.4. The topological polar surface area (TPSA) is 21.3 Å². The van der Waals surface area contributed by atoms with Gasteiger partial charge < -0.3 is 10.1 Å². The van der Waals surface area contributed by atoms with E-state index in [1.165, 1.54) is 19.3 Å².